The van der Waals surface area contributed by atoms with Crippen LogP contribution in [-0.4, -0.2) is 19.8 Å². The number of nitrogens with zero attached hydrogens (tertiary/aromatic N) is 2. The van der Waals surface area contributed by atoms with E-state index in [2.05, 4.69) is 0 Å². The zero-order valence-electron chi connectivity index (χ0n) is 12.6. The number of sulfonamides is 1. The molecule has 0 saturated heterocycles. The van der Waals surface area contributed by atoms with Crippen LogP contribution < -0.4 is 0 Å². The maximum Gasteiger partial charge on any atom is 0.417 e. The average molecular weight is 354 g/mol. The molecule has 0 radical (unpaired) electrons. The summed E-state index contributed by atoms with van der Waals surface area (Å²) in [6.45, 7) is -0.149. The van der Waals surface area contributed by atoms with Crippen LogP contribution in [0.5, 0.6) is 0 Å². The van der Waals surface area contributed by atoms with Crippen LogP contribution in [0.3, 0.4) is 0 Å². The van der Waals surface area contributed by atoms with Crippen molar-refractivity contribution in [3.63, 3.8) is 0 Å². The Bertz CT molecular complexity index is 887. The minimum Gasteiger partial charge on any atom is -0.207 e. The summed E-state index contributed by atoms with van der Waals surface area (Å²) in [6, 6.07) is 12.2. The molecule has 4 nitrogen and oxygen atoms in total. The van der Waals surface area contributed by atoms with E-state index in [1.54, 1.807) is 18.2 Å². The van der Waals surface area contributed by atoms with Crippen molar-refractivity contribution in [1.29, 1.82) is 5.26 Å². The second kappa shape index (κ2) is 6.63. The van der Waals surface area contributed by atoms with E-state index in [9.17, 15) is 21.6 Å². The van der Waals surface area contributed by atoms with Gasteiger partial charge in [-0.3, -0.25) is 0 Å². The summed E-state index contributed by atoms with van der Waals surface area (Å²) in [4.78, 5) is -0.795. The van der Waals surface area contributed by atoms with E-state index in [0.29, 0.717) is 11.1 Å². The van der Waals surface area contributed by atoms with Gasteiger partial charge in [0, 0.05) is 13.6 Å². The molecule has 0 saturated carbocycles. The third-order valence-corrected chi connectivity index (χ3v) is 5.20. The molecule has 0 amide bonds. The van der Waals surface area contributed by atoms with Crippen molar-refractivity contribution in [2.75, 3.05) is 7.05 Å². The molecule has 0 aliphatic carbocycles. The van der Waals surface area contributed by atoms with Gasteiger partial charge in [0.15, 0.2) is 0 Å². The monoisotopic (exact) mass is 354 g/mol. The van der Waals surface area contributed by atoms with Crippen molar-refractivity contribution in [2.24, 2.45) is 0 Å². The fourth-order valence-corrected chi connectivity index (χ4v) is 3.54. The molecule has 126 valence electrons. The van der Waals surface area contributed by atoms with Gasteiger partial charge in [0.05, 0.1) is 22.1 Å². The number of hydrogen-bond donors (Lipinski definition) is 0. The quantitative estimate of drug-likeness (QED) is 0.845. The fourth-order valence-electron chi connectivity index (χ4n) is 2.17. The van der Waals surface area contributed by atoms with E-state index < -0.39 is 26.7 Å². The normalized spacial score (nSPS) is 12.2. The number of nitriles is 1. The van der Waals surface area contributed by atoms with E-state index in [1.807, 2.05) is 6.07 Å². The Labute approximate surface area is 137 Å². The molecular weight excluding hydrogens is 341 g/mol. The molecule has 0 aliphatic rings. The van der Waals surface area contributed by atoms with Gasteiger partial charge in [-0.05, 0) is 29.8 Å². The molecule has 2 aromatic rings. The minimum absolute atomic E-state index is 0.149. The van der Waals surface area contributed by atoms with Crippen LogP contribution in [-0.2, 0) is 22.7 Å². The molecule has 0 fully saturated rings. The summed E-state index contributed by atoms with van der Waals surface area (Å²) >= 11 is 0. The van der Waals surface area contributed by atoms with Crippen LogP contribution in [0.4, 0.5) is 13.2 Å². The van der Waals surface area contributed by atoms with Gasteiger partial charge < -0.3 is 0 Å². The van der Waals surface area contributed by atoms with Crippen LogP contribution in [0.2, 0.25) is 0 Å². The standard InChI is InChI=1S/C16H13F3N2O2S/c1-21(11-13-6-4-5-12(9-13)10-20)24(22,23)15-8-3-2-7-14(15)16(17,18)19/h2-9H,11H2,1H3. The average Bonchev–Trinajstić information content (AvgIpc) is 2.54. The summed E-state index contributed by atoms with van der Waals surface area (Å²) < 4.78 is 65.0. The second-order valence-electron chi connectivity index (χ2n) is 5.07. The van der Waals surface area contributed by atoms with Crippen molar-refractivity contribution in [2.45, 2.75) is 17.6 Å². The van der Waals surface area contributed by atoms with Crippen molar-refractivity contribution in [3.05, 3.63) is 65.2 Å². The van der Waals surface area contributed by atoms with Crippen molar-refractivity contribution >= 4 is 10.0 Å². The largest absolute Gasteiger partial charge is 0.417 e. The summed E-state index contributed by atoms with van der Waals surface area (Å²) in [7, 11) is -3.14. The van der Waals surface area contributed by atoms with E-state index in [4.69, 9.17) is 5.26 Å². The summed E-state index contributed by atoms with van der Waals surface area (Å²) in [6.07, 6.45) is -4.77. The van der Waals surface area contributed by atoms with E-state index in [-0.39, 0.29) is 6.54 Å². The highest BCUT2D eigenvalue weighted by Gasteiger charge is 2.38. The predicted octanol–water partition coefficient (Wildman–Crippen LogP) is 3.40. The Morgan fingerprint density at radius 2 is 1.79 bits per heavy atom. The third-order valence-electron chi connectivity index (χ3n) is 3.34. The lowest BCUT2D eigenvalue weighted by Gasteiger charge is -2.20. The molecule has 2 aromatic carbocycles. The summed E-state index contributed by atoms with van der Waals surface area (Å²) in [5, 5.41) is 8.85. The predicted molar refractivity (Wildman–Crippen MR) is 81.3 cm³/mol. The molecule has 0 heterocycles. The Hall–Kier alpha value is -2.37. The summed E-state index contributed by atoms with van der Waals surface area (Å²) in [5.74, 6) is 0. The van der Waals surface area contributed by atoms with Crippen LogP contribution >= 0.6 is 0 Å². The maximum absolute atomic E-state index is 13.0. The van der Waals surface area contributed by atoms with E-state index >= 15 is 0 Å². The van der Waals surface area contributed by atoms with Crippen molar-refractivity contribution in [3.8, 4) is 6.07 Å². The van der Waals surface area contributed by atoms with Crippen molar-refractivity contribution < 1.29 is 21.6 Å². The first-order valence-corrected chi connectivity index (χ1v) is 8.22. The first-order chi connectivity index (χ1) is 11.2. The molecule has 0 aromatic heterocycles. The molecule has 24 heavy (non-hydrogen) atoms. The Balaban J connectivity index is 2.39. The minimum atomic E-state index is -4.77. The molecular formula is C16H13F3N2O2S. The summed E-state index contributed by atoms with van der Waals surface area (Å²) in [5.41, 5.74) is -0.360. The number of rotatable bonds is 4. The molecule has 0 aliphatic heterocycles. The highest BCUT2D eigenvalue weighted by atomic mass is 32.2. The highest BCUT2D eigenvalue weighted by Crippen LogP contribution is 2.35. The third kappa shape index (κ3) is 3.75. The first-order valence-electron chi connectivity index (χ1n) is 6.78. The Kier molecular flexibility index (Phi) is 4.96. The van der Waals surface area contributed by atoms with Gasteiger partial charge in [-0.15, -0.1) is 0 Å². The van der Waals surface area contributed by atoms with Gasteiger partial charge in [0.1, 0.15) is 0 Å². The van der Waals surface area contributed by atoms with Crippen LogP contribution in [0.15, 0.2) is 53.4 Å². The number of benzene rings is 2. The maximum atomic E-state index is 13.0. The highest BCUT2D eigenvalue weighted by molar-refractivity contribution is 7.89. The van der Waals surface area contributed by atoms with Gasteiger partial charge in [0.2, 0.25) is 10.0 Å². The van der Waals surface area contributed by atoms with Gasteiger partial charge >= 0.3 is 6.18 Å². The number of halogens is 3. The van der Waals surface area contributed by atoms with Crippen LogP contribution in [0.1, 0.15) is 16.7 Å². The van der Waals surface area contributed by atoms with Gasteiger partial charge in [-0.2, -0.15) is 22.7 Å². The molecule has 8 heteroatoms. The number of alkyl halides is 3. The smallest absolute Gasteiger partial charge is 0.207 e. The second-order valence-corrected chi connectivity index (χ2v) is 7.08. The van der Waals surface area contributed by atoms with Gasteiger partial charge in [-0.1, -0.05) is 24.3 Å². The molecule has 0 unspecified atom stereocenters. The zero-order chi connectivity index (χ0) is 18.0. The van der Waals surface area contributed by atoms with Crippen LogP contribution in [0, 0.1) is 11.3 Å². The molecule has 2 rings (SSSR count). The van der Waals surface area contributed by atoms with E-state index in [0.717, 1.165) is 22.5 Å². The van der Waals surface area contributed by atoms with E-state index in [1.165, 1.54) is 19.2 Å². The lowest BCUT2D eigenvalue weighted by Crippen LogP contribution is -2.28. The molecule has 0 N–H and O–H groups in total. The van der Waals surface area contributed by atoms with Crippen LogP contribution in [0.25, 0.3) is 0 Å². The molecule has 0 bridgehead atoms. The Morgan fingerprint density at radius 1 is 1.12 bits per heavy atom. The SMILES string of the molecule is CN(Cc1cccc(C#N)c1)S(=O)(=O)c1ccccc1C(F)(F)F. The van der Waals surface area contributed by atoms with Crippen molar-refractivity contribution in [1.82, 2.24) is 4.31 Å². The lowest BCUT2D eigenvalue weighted by atomic mass is 10.1. The lowest BCUT2D eigenvalue weighted by molar-refractivity contribution is -0.139. The van der Waals surface area contributed by atoms with Gasteiger partial charge in [-0.25, -0.2) is 8.42 Å². The fraction of sp³-hybridized carbons (Fsp3) is 0.188. The Morgan fingerprint density at radius 3 is 2.42 bits per heavy atom. The van der Waals surface area contributed by atoms with Gasteiger partial charge in [0.25, 0.3) is 0 Å². The topological polar surface area (TPSA) is 61.2 Å². The molecule has 0 atom stereocenters. The first kappa shape index (κ1) is 18.0. The number of hydrogen-bond acceptors (Lipinski definition) is 3. The zero-order valence-corrected chi connectivity index (χ0v) is 13.4. The molecule has 0 spiro atoms.